The zero-order valence-corrected chi connectivity index (χ0v) is 14.2. The van der Waals surface area contributed by atoms with Crippen LogP contribution in [0.1, 0.15) is 46.3 Å². The summed E-state index contributed by atoms with van der Waals surface area (Å²) in [5.41, 5.74) is 7.23. The quantitative estimate of drug-likeness (QED) is 0.893. The van der Waals surface area contributed by atoms with Crippen molar-refractivity contribution in [2.45, 2.75) is 47.1 Å². The predicted molar refractivity (Wildman–Crippen MR) is 92.1 cm³/mol. The van der Waals surface area contributed by atoms with Crippen LogP contribution < -0.4 is 5.32 Å². The molecule has 0 aliphatic rings. The first-order valence-corrected chi connectivity index (χ1v) is 7.79. The molecule has 1 atom stereocenters. The summed E-state index contributed by atoms with van der Waals surface area (Å²) < 4.78 is 0. The van der Waals surface area contributed by atoms with E-state index in [1.807, 2.05) is 13.0 Å². The van der Waals surface area contributed by atoms with E-state index in [0.717, 1.165) is 11.1 Å². The number of amides is 1. The van der Waals surface area contributed by atoms with Gasteiger partial charge in [-0.15, -0.1) is 0 Å². The Morgan fingerprint density at radius 1 is 0.909 bits per heavy atom. The van der Waals surface area contributed by atoms with Gasteiger partial charge in [0.2, 0.25) is 5.91 Å². The molecule has 116 valence electrons. The highest BCUT2D eigenvalue weighted by Crippen LogP contribution is 2.17. The minimum absolute atomic E-state index is 0.0262. The molecule has 2 nitrogen and oxygen atoms in total. The maximum absolute atomic E-state index is 12.2. The fourth-order valence-corrected chi connectivity index (χ4v) is 2.51. The summed E-state index contributed by atoms with van der Waals surface area (Å²) in [6.07, 6.45) is 0.427. The van der Waals surface area contributed by atoms with E-state index in [1.165, 1.54) is 22.3 Å². The highest BCUT2D eigenvalue weighted by Gasteiger charge is 2.11. The average Bonchev–Trinajstić information content (AvgIpc) is 2.45. The molecule has 0 bridgehead atoms. The maximum Gasteiger partial charge on any atom is 0.224 e. The van der Waals surface area contributed by atoms with Crippen LogP contribution >= 0.6 is 0 Å². The summed E-state index contributed by atoms with van der Waals surface area (Å²) in [5, 5.41) is 3.09. The van der Waals surface area contributed by atoms with Crippen LogP contribution in [0.2, 0.25) is 0 Å². The van der Waals surface area contributed by atoms with Crippen molar-refractivity contribution in [2.24, 2.45) is 0 Å². The van der Waals surface area contributed by atoms with Crippen LogP contribution in [0.5, 0.6) is 0 Å². The van der Waals surface area contributed by atoms with Crippen molar-refractivity contribution < 1.29 is 4.79 Å². The molecule has 1 amide bonds. The van der Waals surface area contributed by atoms with Gasteiger partial charge in [-0.05, 0) is 68.0 Å². The SMILES string of the molecule is Cc1ccc(CC(=O)NC(C)c2ccc(C)c(C)c2)cc1C. The number of rotatable bonds is 4. The van der Waals surface area contributed by atoms with Crippen LogP contribution in [0.3, 0.4) is 0 Å². The van der Waals surface area contributed by atoms with Crippen molar-refractivity contribution in [3.8, 4) is 0 Å². The van der Waals surface area contributed by atoms with Gasteiger partial charge >= 0.3 is 0 Å². The lowest BCUT2D eigenvalue weighted by Crippen LogP contribution is -2.28. The summed E-state index contributed by atoms with van der Waals surface area (Å²) in [6.45, 7) is 10.4. The average molecular weight is 295 g/mol. The van der Waals surface area contributed by atoms with Crippen molar-refractivity contribution >= 4 is 5.91 Å². The molecule has 2 heteroatoms. The molecule has 0 aromatic heterocycles. The van der Waals surface area contributed by atoms with E-state index in [2.05, 4.69) is 63.3 Å². The summed E-state index contributed by atoms with van der Waals surface area (Å²) in [7, 11) is 0. The number of aryl methyl sites for hydroxylation is 4. The summed E-state index contributed by atoms with van der Waals surface area (Å²) >= 11 is 0. The Labute approximate surface area is 133 Å². The molecule has 0 fully saturated rings. The molecular formula is C20H25NO. The third-order valence-electron chi connectivity index (χ3n) is 4.34. The van der Waals surface area contributed by atoms with Crippen LogP contribution in [0.25, 0.3) is 0 Å². The maximum atomic E-state index is 12.2. The molecule has 2 aromatic rings. The van der Waals surface area contributed by atoms with Gasteiger partial charge in [0.15, 0.2) is 0 Å². The number of nitrogens with one attached hydrogen (secondary N) is 1. The lowest BCUT2D eigenvalue weighted by molar-refractivity contribution is -0.121. The molecule has 0 saturated heterocycles. The second kappa shape index (κ2) is 6.78. The Morgan fingerprint density at radius 3 is 2.09 bits per heavy atom. The van der Waals surface area contributed by atoms with E-state index in [1.54, 1.807) is 0 Å². The Bertz CT molecular complexity index is 688. The third kappa shape index (κ3) is 3.97. The van der Waals surface area contributed by atoms with Gasteiger partial charge < -0.3 is 5.32 Å². The molecular weight excluding hydrogens is 270 g/mol. The second-order valence-corrected chi connectivity index (χ2v) is 6.23. The standard InChI is InChI=1S/C20H25NO/c1-13-6-8-18(10-15(13)3)12-20(22)21-17(5)19-9-7-14(2)16(4)11-19/h6-11,17H,12H2,1-5H3,(H,21,22). The van der Waals surface area contributed by atoms with Gasteiger partial charge in [0.25, 0.3) is 0 Å². The minimum Gasteiger partial charge on any atom is -0.349 e. The van der Waals surface area contributed by atoms with Gasteiger partial charge in [-0.25, -0.2) is 0 Å². The van der Waals surface area contributed by atoms with Crippen LogP contribution in [-0.4, -0.2) is 5.91 Å². The van der Waals surface area contributed by atoms with Gasteiger partial charge in [0, 0.05) is 0 Å². The molecule has 2 aromatic carbocycles. The Hall–Kier alpha value is -2.09. The predicted octanol–water partition coefficient (Wildman–Crippen LogP) is 4.34. The van der Waals surface area contributed by atoms with Gasteiger partial charge in [0.1, 0.15) is 0 Å². The van der Waals surface area contributed by atoms with Crippen LogP contribution in [0, 0.1) is 27.7 Å². The van der Waals surface area contributed by atoms with Crippen molar-refractivity contribution in [2.75, 3.05) is 0 Å². The first-order chi connectivity index (χ1) is 10.4. The summed E-state index contributed by atoms with van der Waals surface area (Å²) in [4.78, 5) is 12.2. The zero-order valence-electron chi connectivity index (χ0n) is 14.2. The van der Waals surface area contributed by atoms with Crippen LogP contribution in [-0.2, 0) is 11.2 Å². The van der Waals surface area contributed by atoms with E-state index in [-0.39, 0.29) is 11.9 Å². The van der Waals surface area contributed by atoms with Crippen molar-refractivity contribution in [1.82, 2.24) is 5.32 Å². The molecule has 22 heavy (non-hydrogen) atoms. The van der Waals surface area contributed by atoms with Gasteiger partial charge in [-0.1, -0.05) is 36.4 Å². The monoisotopic (exact) mass is 295 g/mol. The van der Waals surface area contributed by atoms with Gasteiger partial charge in [-0.3, -0.25) is 4.79 Å². The van der Waals surface area contributed by atoms with Crippen molar-refractivity contribution in [3.63, 3.8) is 0 Å². The van der Waals surface area contributed by atoms with E-state index in [4.69, 9.17) is 0 Å². The van der Waals surface area contributed by atoms with E-state index >= 15 is 0 Å². The first-order valence-electron chi connectivity index (χ1n) is 7.79. The Morgan fingerprint density at radius 2 is 1.50 bits per heavy atom. The lowest BCUT2D eigenvalue weighted by atomic mass is 10.0. The van der Waals surface area contributed by atoms with Crippen molar-refractivity contribution in [3.05, 3.63) is 69.8 Å². The molecule has 1 N–H and O–H groups in total. The van der Waals surface area contributed by atoms with Crippen LogP contribution in [0.15, 0.2) is 36.4 Å². The number of hydrogen-bond donors (Lipinski definition) is 1. The highest BCUT2D eigenvalue weighted by atomic mass is 16.1. The molecule has 1 unspecified atom stereocenters. The van der Waals surface area contributed by atoms with Crippen LogP contribution in [0.4, 0.5) is 0 Å². The lowest BCUT2D eigenvalue weighted by Gasteiger charge is -2.16. The molecule has 0 aliphatic carbocycles. The number of carbonyl (C=O) groups excluding carboxylic acids is 1. The molecule has 0 heterocycles. The fourth-order valence-electron chi connectivity index (χ4n) is 2.51. The number of hydrogen-bond acceptors (Lipinski definition) is 1. The van der Waals surface area contributed by atoms with Gasteiger partial charge in [0.05, 0.1) is 12.5 Å². The number of carbonyl (C=O) groups is 1. The molecule has 0 aliphatic heterocycles. The molecule has 0 spiro atoms. The smallest absolute Gasteiger partial charge is 0.224 e. The largest absolute Gasteiger partial charge is 0.349 e. The molecule has 2 rings (SSSR count). The van der Waals surface area contributed by atoms with Gasteiger partial charge in [-0.2, -0.15) is 0 Å². The minimum atomic E-state index is 0.0262. The van der Waals surface area contributed by atoms with E-state index in [9.17, 15) is 4.79 Å². The first kappa shape index (κ1) is 16.3. The highest BCUT2D eigenvalue weighted by molar-refractivity contribution is 5.79. The fraction of sp³-hybridized carbons (Fsp3) is 0.350. The summed E-state index contributed by atoms with van der Waals surface area (Å²) in [5.74, 6) is 0.0639. The molecule has 0 saturated carbocycles. The normalized spacial score (nSPS) is 12.0. The third-order valence-corrected chi connectivity index (χ3v) is 4.34. The summed E-state index contributed by atoms with van der Waals surface area (Å²) in [6, 6.07) is 12.6. The second-order valence-electron chi connectivity index (χ2n) is 6.23. The van der Waals surface area contributed by atoms with E-state index < -0.39 is 0 Å². The van der Waals surface area contributed by atoms with E-state index in [0.29, 0.717) is 6.42 Å². The zero-order chi connectivity index (χ0) is 16.3. The number of benzene rings is 2. The Balaban J connectivity index is 2.01. The van der Waals surface area contributed by atoms with Crippen molar-refractivity contribution in [1.29, 1.82) is 0 Å². The topological polar surface area (TPSA) is 29.1 Å². The molecule has 0 radical (unpaired) electrons. The Kier molecular flexibility index (Phi) is 5.02.